The third kappa shape index (κ3) is 3.05. The first kappa shape index (κ1) is 14.0. The van der Waals surface area contributed by atoms with Crippen LogP contribution in [0.3, 0.4) is 0 Å². The summed E-state index contributed by atoms with van der Waals surface area (Å²) in [5.74, 6) is 1.06. The van der Waals surface area contributed by atoms with E-state index in [1.165, 1.54) is 23.4 Å². The molecule has 2 aromatic rings. The molecule has 110 valence electrons. The second kappa shape index (κ2) is 6.68. The molecule has 1 aromatic heterocycles. The summed E-state index contributed by atoms with van der Waals surface area (Å²) in [6, 6.07) is 10.5. The molecule has 0 unspecified atom stereocenters. The highest BCUT2D eigenvalue weighted by Crippen LogP contribution is 2.29. The van der Waals surface area contributed by atoms with E-state index in [1.807, 2.05) is 0 Å². The normalized spacial score (nSPS) is 13.8. The van der Waals surface area contributed by atoms with Crippen LogP contribution in [0, 0.1) is 0 Å². The maximum Gasteiger partial charge on any atom is 0.141 e. The summed E-state index contributed by atoms with van der Waals surface area (Å²) < 4.78 is 0. The lowest BCUT2D eigenvalue weighted by Crippen LogP contribution is -2.29. The summed E-state index contributed by atoms with van der Waals surface area (Å²) in [6.45, 7) is 5.08. The molecule has 1 aromatic carbocycles. The van der Waals surface area contributed by atoms with Crippen molar-refractivity contribution in [3.05, 3.63) is 47.9 Å². The van der Waals surface area contributed by atoms with Gasteiger partial charge in [-0.1, -0.05) is 31.5 Å². The fourth-order valence-electron chi connectivity index (χ4n) is 2.77. The Kier molecular flexibility index (Phi) is 4.46. The number of hydrogen-bond acceptors (Lipinski definition) is 4. The summed E-state index contributed by atoms with van der Waals surface area (Å²) in [6.07, 6.45) is 5.03. The van der Waals surface area contributed by atoms with Crippen LogP contribution in [-0.2, 0) is 13.0 Å². The number of benzene rings is 1. The van der Waals surface area contributed by atoms with Crippen LogP contribution >= 0.6 is 0 Å². The third-order valence-corrected chi connectivity index (χ3v) is 3.91. The molecule has 0 amide bonds. The van der Waals surface area contributed by atoms with Gasteiger partial charge in [-0.3, -0.25) is 0 Å². The molecule has 1 aliphatic heterocycles. The zero-order chi connectivity index (χ0) is 14.5. The van der Waals surface area contributed by atoms with Crippen LogP contribution in [0.2, 0.25) is 0 Å². The van der Waals surface area contributed by atoms with Gasteiger partial charge in [0.25, 0.3) is 0 Å². The van der Waals surface area contributed by atoms with Gasteiger partial charge in [-0.2, -0.15) is 0 Å². The van der Waals surface area contributed by atoms with E-state index >= 15 is 0 Å². The smallest absolute Gasteiger partial charge is 0.141 e. The van der Waals surface area contributed by atoms with Crippen molar-refractivity contribution in [3.63, 3.8) is 0 Å². The van der Waals surface area contributed by atoms with Crippen LogP contribution in [0.4, 0.5) is 11.5 Å². The highest BCUT2D eigenvalue weighted by Gasteiger charge is 2.20. The Morgan fingerprint density at radius 3 is 2.86 bits per heavy atom. The molecule has 0 bridgehead atoms. The first-order valence-electron chi connectivity index (χ1n) is 7.76. The predicted molar refractivity (Wildman–Crippen MR) is 85.8 cm³/mol. The number of unbranched alkanes of at least 4 members (excludes halogenated alkanes) is 1. The largest absolute Gasteiger partial charge is 0.326 e. The third-order valence-electron chi connectivity index (χ3n) is 3.91. The SMILES string of the molecule is CCCCN(c1ccccc1)c1ncnc2c1CNCC2. The standard InChI is InChI=1S/C17H22N4/c1-2-3-11-21(14-7-5-4-6-8-14)17-15-12-18-10-9-16(15)19-13-20-17/h4-8,13,18H,2-3,9-12H2,1H3. The molecule has 3 rings (SSSR count). The summed E-state index contributed by atoms with van der Waals surface area (Å²) in [5.41, 5.74) is 3.65. The van der Waals surface area contributed by atoms with Gasteiger partial charge in [0.1, 0.15) is 12.1 Å². The van der Waals surface area contributed by atoms with Crippen molar-refractivity contribution in [1.29, 1.82) is 0 Å². The van der Waals surface area contributed by atoms with Crippen molar-refractivity contribution in [2.75, 3.05) is 18.0 Å². The molecular formula is C17H22N4. The van der Waals surface area contributed by atoms with Crippen LogP contribution in [0.1, 0.15) is 31.0 Å². The van der Waals surface area contributed by atoms with Crippen molar-refractivity contribution in [3.8, 4) is 0 Å². The number of para-hydroxylation sites is 1. The van der Waals surface area contributed by atoms with E-state index in [1.54, 1.807) is 6.33 Å². The number of rotatable bonds is 5. The lowest BCUT2D eigenvalue weighted by molar-refractivity contribution is 0.623. The maximum absolute atomic E-state index is 4.60. The lowest BCUT2D eigenvalue weighted by atomic mass is 10.1. The van der Waals surface area contributed by atoms with Crippen LogP contribution in [-0.4, -0.2) is 23.1 Å². The molecule has 0 aliphatic carbocycles. The quantitative estimate of drug-likeness (QED) is 0.915. The Hall–Kier alpha value is -1.94. The molecule has 0 saturated heterocycles. The second-order valence-corrected chi connectivity index (χ2v) is 5.39. The predicted octanol–water partition coefficient (Wildman–Crippen LogP) is 3.06. The fourth-order valence-corrected chi connectivity index (χ4v) is 2.77. The van der Waals surface area contributed by atoms with Crippen molar-refractivity contribution >= 4 is 11.5 Å². The van der Waals surface area contributed by atoms with Crippen LogP contribution in [0.15, 0.2) is 36.7 Å². The molecule has 0 radical (unpaired) electrons. The van der Waals surface area contributed by atoms with Gasteiger partial charge in [0.05, 0.1) is 5.69 Å². The highest BCUT2D eigenvalue weighted by molar-refractivity contribution is 5.63. The average Bonchev–Trinajstić information content (AvgIpc) is 2.56. The van der Waals surface area contributed by atoms with Gasteiger partial charge in [-0.25, -0.2) is 9.97 Å². The number of nitrogens with one attached hydrogen (secondary N) is 1. The van der Waals surface area contributed by atoms with E-state index in [9.17, 15) is 0 Å². The van der Waals surface area contributed by atoms with Crippen LogP contribution in [0.5, 0.6) is 0 Å². The molecule has 2 heterocycles. The molecule has 1 aliphatic rings. The molecule has 4 nitrogen and oxygen atoms in total. The van der Waals surface area contributed by atoms with Gasteiger partial charge in [0.15, 0.2) is 0 Å². The molecular weight excluding hydrogens is 260 g/mol. The fraction of sp³-hybridized carbons (Fsp3) is 0.412. The Morgan fingerprint density at radius 2 is 2.05 bits per heavy atom. The second-order valence-electron chi connectivity index (χ2n) is 5.39. The van der Waals surface area contributed by atoms with Gasteiger partial charge >= 0.3 is 0 Å². The van der Waals surface area contributed by atoms with E-state index in [-0.39, 0.29) is 0 Å². The number of hydrogen-bond donors (Lipinski definition) is 1. The molecule has 0 saturated carbocycles. The summed E-state index contributed by atoms with van der Waals surface area (Å²) in [4.78, 5) is 11.4. The number of nitrogens with zero attached hydrogens (tertiary/aromatic N) is 3. The van der Waals surface area contributed by atoms with E-state index in [2.05, 4.69) is 57.4 Å². The van der Waals surface area contributed by atoms with Crippen molar-refractivity contribution in [1.82, 2.24) is 15.3 Å². The van der Waals surface area contributed by atoms with Gasteiger partial charge in [-0.05, 0) is 18.6 Å². The Balaban J connectivity index is 2.00. The molecule has 1 N–H and O–H groups in total. The molecule has 0 atom stereocenters. The zero-order valence-corrected chi connectivity index (χ0v) is 12.5. The Labute approximate surface area is 126 Å². The van der Waals surface area contributed by atoms with E-state index in [0.717, 1.165) is 38.3 Å². The maximum atomic E-state index is 4.60. The first-order valence-corrected chi connectivity index (χ1v) is 7.76. The van der Waals surface area contributed by atoms with Gasteiger partial charge < -0.3 is 10.2 Å². The number of fused-ring (bicyclic) bond motifs is 1. The number of anilines is 2. The zero-order valence-electron chi connectivity index (χ0n) is 12.5. The van der Waals surface area contributed by atoms with E-state index in [4.69, 9.17) is 0 Å². The Morgan fingerprint density at radius 1 is 1.19 bits per heavy atom. The summed E-state index contributed by atoms with van der Waals surface area (Å²) in [7, 11) is 0. The van der Waals surface area contributed by atoms with Crippen LogP contribution in [0.25, 0.3) is 0 Å². The van der Waals surface area contributed by atoms with Crippen molar-refractivity contribution < 1.29 is 0 Å². The monoisotopic (exact) mass is 282 g/mol. The summed E-state index contributed by atoms with van der Waals surface area (Å²) in [5, 5.41) is 3.44. The van der Waals surface area contributed by atoms with Crippen molar-refractivity contribution in [2.45, 2.75) is 32.7 Å². The molecule has 21 heavy (non-hydrogen) atoms. The van der Waals surface area contributed by atoms with Gasteiger partial charge in [0.2, 0.25) is 0 Å². The first-order chi connectivity index (χ1) is 10.4. The number of aromatic nitrogens is 2. The lowest BCUT2D eigenvalue weighted by Gasteiger charge is -2.28. The Bertz CT molecular complexity index is 583. The molecule has 0 spiro atoms. The molecule has 4 heteroatoms. The highest BCUT2D eigenvalue weighted by atomic mass is 15.2. The van der Waals surface area contributed by atoms with Gasteiger partial charge in [0, 0.05) is 37.3 Å². The minimum atomic E-state index is 0.862. The van der Waals surface area contributed by atoms with E-state index in [0.29, 0.717) is 0 Å². The van der Waals surface area contributed by atoms with Crippen molar-refractivity contribution in [2.24, 2.45) is 0 Å². The topological polar surface area (TPSA) is 41.1 Å². The van der Waals surface area contributed by atoms with E-state index < -0.39 is 0 Å². The minimum Gasteiger partial charge on any atom is -0.326 e. The average molecular weight is 282 g/mol. The minimum absolute atomic E-state index is 0.862. The van der Waals surface area contributed by atoms with Crippen LogP contribution < -0.4 is 10.2 Å². The van der Waals surface area contributed by atoms with Gasteiger partial charge in [-0.15, -0.1) is 0 Å². The molecule has 0 fully saturated rings. The summed E-state index contributed by atoms with van der Waals surface area (Å²) >= 11 is 0.